The normalized spacial score (nSPS) is 16.1. The Hall–Kier alpha value is 0.230. The molecular formula is C3H4BrF3O. The van der Waals surface area contributed by atoms with Gasteiger partial charge in [0.2, 0.25) is 0 Å². The van der Waals surface area contributed by atoms with Crippen molar-refractivity contribution in [3.8, 4) is 0 Å². The summed E-state index contributed by atoms with van der Waals surface area (Å²) in [5.74, 6) is 0. The lowest BCUT2D eigenvalue weighted by molar-refractivity contribution is -0.195. The van der Waals surface area contributed by atoms with Crippen molar-refractivity contribution in [3.05, 3.63) is 0 Å². The van der Waals surface area contributed by atoms with E-state index in [4.69, 9.17) is 5.11 Å². The lowest BCUT2D eigenvalue weighted by atomic mass is 10.4. The van der Waals surface area contributed by atoms with Crippen LogP contribution in [0, 0.1) is 0 Å². The number of hydrogen-bond donors (Lipinski definition) is 1. The second kappa shape index (κ2) is 2.68. The van der Waals surface area contributed by atoms with E-state index in [0.29, 0.717) is 0 Å². The van der Waals surface area contributed by atoms with E-state index < -0.39 is 17.6 Å². The van der Waals surface area contributed by atoms with Crippen LogP contribution in [0.1, 0.15) is 0 Å². The lowest BCUT2D eigenvalue weighted by Gasteiger charge is -2.09. The fraction of sp³-hybridized carbons (Fsp3) is 1.00. The first kappa shape index (κ1) is 8.23. The summed E-state index contributed by atoms with van der Waals surface area (Å²) >= 11 is 2.48. The monoisotopic (exact) mass is 192 g/mol. The molecule has 0 spiro atoms. The van der Waals surface area contributed by atoms with Gasteiger partial charge in [-0.2, -0.15) is 13.2 Å². The molecule has 0 fully saturated rings. The highest BCUT2D eigenvalue weighted by Crippen LogP contribution is 2.20. The molecule has 0 aromatic rings. The van der Waals surface area contributed by atoms with Crippen LogP contribution in [0.5, 0.6) is 0 Å². The minimum Gasteiger partial charge on any atom is -0.383 e. The quantitative estimate of drug-likeness (QED) is 0.622. The van der Waals surface area contributed by atoms with E-state index in [1.54, 1.807) is 0 Å². The molecule has 50 valence electrons. The van der Waals surface area contributed by atoms with Gasteiger partial charge in [-0.15, -0.1) is 0 Å². The maximum absolute atomic E-state index is 11.2. The largest absolute Gasteiger partial charge is 0.415 e. The van der Waals surface area contributed by atoms with Gasteiger partial charge in [0.15, 0.2) is 6.10 Å². The molecule has 0 amide bonds. The smallest absolute Gasteiger partial charge is 0.383 e. The molecule has 1 nitrogen and oxygen atoms in total. The molecule has 0 rings (SSSR count). The van der Waals surface area contributed by atoms with Crippen LogP contribution in [-0.2, 0) is 0 Å². The molecule has 1 N–H and O–H groups in total. The van der Waals surface area contributed by atoms with Gasteiger partial charge < -0.3 is 5.11 Å². The minimum absolute atomic E-state index is 0.462. The molecule has 0 heterocycles. The fourth-order valence-electron chi connectivity index (χ4n) is 0.0875. The molecule has 0 aliphatic carbocycles. The van der Waals surface area contributed by atoms with Crippen molar-refractivity contribution in [3.63, 3.8) is 0 Å². The topological polar surface area (TPSA) is 20.2 Å². The van der Waals surface area contributed by atoms with Crippen LogP contribution in [0.2, 0.25) is 0 Å². The number of aliphatic hydroxyl groups excluding tert-OH is 1. The van der Waals surface area contributed by atoms with E-state index in [0.717, 1.165) is 0 Å². The minimum atomic E-state index is -4.48. The molecular weight excluding hydrogens is 189 g/mol. The number of rotatable bonds is 1. The Labute approximate surface area is 52.6 Å². The predicted octanol–water partition coefficient (Wildman–Crippen LogP) is 1.30. The Balaban J connectivity index is 3.62. The lowest BCUT2D eigenvalue weighted by Crippen LogP contribution is -2.29. The Morgan fingerprint density at radius 3 is 1.88 bits per heavy atom. The van der Waals surface area contributed by atoms with Crippen molar-refractivity contribution in [1.82, 2.24) is 0 Å². The second-order valence-electron chi connectivity index (χ2n) is 1.21. The number of halogens is 4. The summed E-state index contributed by atoms with van der Waals surface area (Å²) < 4.78 is 33.5. The van der Waals surface area contributed by atoms with Crippen LogP contribution in [0.4, 0.5) is 13.2 Å². The molecule has 0 unspecified atom stereocenters. The molecule has 0 saturated heterocycles. The highest BCUT2D eigenvalue weighted by Gasteiger charge is 2.36. The van der Waals surface area contributed by atoms with Gasteiger partial charge in [0.1, 0.15) is 0 Å². The molecule has 0 aliphatic rings. The van der Waals surface area contributed by atoms with Gasteiger partial charge >= 0.3 is 6.18 Å². The van der Waals surface area contributed by atoms with Crippen molar-refractivity contribution in [2.45, 2.75) is 12.3 Å². The van der Waals surface area contributed by atoms with Crippen molar-refractivity contribution in [2.24, 2.45) is 0 Å². The first-order valence-electron chi connectivity index (χ1n) is 1.79. The highest BCUT2D eigenvalue weighted by molar-refractivity contribution is 9.09. The maximum atomic E-state index is 11.2. The van der Waals surface area contributed by atoms with Crippen LogP contribution in [-0.4, -0.2) is 22.7 Å². The van der Waals surface area contributed by atoms with Crippen LogP contribution in [0.15, 0.2) is 0 Å². The third-order valence-electron chi connectivity index (χ3n) is 0.524. The predicted molar refractivity (Wildman–Crippen MR) is 25.9 cm³/mol. The fourth-order valence-corrected chi connectivity index (χ4v) is 0.455. The Kier molecular flexibility index (Phi) is 2.76. The van der Waals surface area contributed by atoms with E-state index in [9.17, 15) is 13.2 Å². The van der Waals surface area contributed by atoms with E-state index in [1.807, 2.05) is 0 Å². The van der Waals surface area contributed by atoms with Gasteiger partial charge in [0.05, 0.1) is 0 Å². The Morgan fingerprint density at radius 2 is 1.88 bits per heavy atom. The molecule has 5 heteroatoms. The van der Waals surface area contributed by atoms with Crippen LogP contribution in [0.3, 0.4) is 0 Å². The molecule has 0 aliphatic heterocycles. The zero-order valence-corrected chi connectivity index (χ0v) is 5.33. The zero-order valence-electron chi connectivity index (χ0n) is 3.74. The Morgan fingerprint density at radius 1 is 1.50 bits per heavy atom. The van der Waals surface area contributed by atoms with Gasteiger partial charge in [0, 0.05) is 5.33 Å². The third kappa shape index (κ3) is 2.52. The van der Waals surface area contributed by atoms with E-state index >= 15 is 0 Å². The average molecular weight is 193 g/mol. The summed E-state index contributed by atoms with van der Waals surface area (Å²) in [7, 11) is 0. The Bertz CT molecular complexity index is 71.4. The van der Waals surface area contributed by atoms with Crippen LogP contribution >= 0.6 is 15.9 Å². The highest BCUT2D eigenvalue weighted by atomic mass is 79.9. The maximum Gasteiger partial charge on any atom is 0.415 e. The number of alkyl halides is 4. The summed E-state index contributed by atoms with van der Waals surface area (Å²) in [6, 6.07) is 0. The molecule has 1 atom stereocenters. The summed E-state index contributed by atoms with van der Waals surface area (Å²) in [6.07, 6.45) is -6.72. The number of aliphatic hydroxyl groups is 1. The van der Waals surface area contributed by atoms with E-state index in [-0.39, 0.29) is 0 Å². The van der Waals surface area contributed by atoms with E-state index in [2.05, 4.69) is 15.9 Å². The summed E-state index contributed by atoms with van der Waals surface area (Å²) in [6.45, 7) is 0. The summed E-state index contributed by atoms with van der Waals surface area (Å²) in [5.41, 5.74) is 0. The molecule has 0 aromatic heterocycles. The van der Waals surface area contributed by atoms with Gasteiger partial charge in [-0.1, -0.05) is 15.9 Å². The average Bonchev–Trinajstić information content (AvgIpc) is 1.62. The van der Waals surface area contributed by atoms with Gasteiger partial charge in [-0.3, -0.25) is 0 Å². The third-order valence-corrected chi connectivity index (χ3v) is 1.14. The number of hydrogen-bond acceptors (Lipinski definition) is 1. The SMILES string of the molecule is O[C@H](CBr)C(F)(F)F. The van der Waals surface area contributed by atoms with Gasteiger partial charge in [-0.25, -0.2) is 0 Å². The molecule has 0 saturated carbocycles. The molecule has 0 radical (unpaired) electrons. The first-order valence-corrected chi connectivity index (χ1v) is 2.91. The zero-order chi connectivity index (χ0) is 6.78. The van der Waals surface area contributed by atoms with Crippen LogP contribution in [0.25, 0.3) is 0 Å². The summed E-state index contributed by atoms with van der Waals surface area (Å²) in [5, 5.41) is 7.56. The molecule has 8 heavy (non-hydrogen) atoms. The first-order chi connectivity index (χ1) is 3.48. The second-order valence-corrected chi connectivity index (χ2v) is 1.86. The van der Waals surface area contributed by atoms with Gasteiger partial charge in [0.25, 0.3) is 0 Å². The van der Waals surface area contributed by atoms with E-state index in [1.165, 1.54) is 0 Å². The van der Waals surface area contributed by atoms with Gasteiger partial charge in [-0.05, 0) is 0 Å². The van der Waals surface area contributed by atoms with Crippen LogP contribution < -0.4 is 0 Å². The molecule has 0 bridgehead atoms. The van der Waals surface area contributed by atoms with Crippen molar-refractivity contribution < 1.29 is 18.3 Å². The van der Waals surface area contributed by atoms with Crippen molar-refractivity contribution in [2.75, 3.05) is 5.33 Å². The standard InChI is InChI=1S/C3H4BrF3O/c4-1-2(8)3(5,6)7/h2,8H,1H2/t2-/m1/s1. The molecule has 0 aromatic carbocycles. The van der Waals surface area contributed by atoms with Crippen molar-refractivity contribution >= 4 is 15.9 Å². The van der Waals surface area contributed by atoms with Crippen molar-refractivity contribution in [1.29, 1.82) is 0 Å². The summed E-state index contributed by atoms with van der Waals surface area (Å²) in [4.78, 5) is 0.